The Morgan fingerprint density at radius 1 is 1.23 bits per heavy atom. The van der Waals surface area contributed by atoms with E-state index >= 15 is 0 Å². The van der Waals surface area contributed by atoms with Gasteiger partial charge in [0.25, 0.3) is 0 Å². The zero-order valence-electron chi connectivity index (χ0n) is 9.07. The second-order valence-corrected chi connectivity index (χ2v) is 3.35. The lowest BCUT2D eigenvalue weighted by atomic mass is 10.1. The molecule has 0 fully saturated rings. The summed E-state index contributed by atoms with van der Waals surface area (Å²) in [4.78, 5) is 0. The van der Waals surface area contributed by atoms with Crippen molar-refractivity contribution in [3.8, 4) is 0 Å². The van der Waals surface area contributed by atoms with Crippen LogP contribution in [0.2, 0.25) is 0 Å². The fourth-order valence-corrected chi connectivity index (χ4v) is 1.17. The fourth-order valence-electron chi connectivity index (χ4n) is 1.17. The van der Waals surface area contributed by atoms with Crippen LogP contribution in [-0.4, -0.2) is 13.8 Å². The van der Waals surface area contributed by atoms with Gasteiger partial charge >= 0.3 is 0 Å². The molecule has 0 radical (unpaired) electrons. The van der Waals surface area contributed by atoms with Crippen molar-refractivity contribution < 1.29 is 4.74 Å². The third kappa shape index (κ3) is 9.41. The van der Waals surface area contributed by atoms with E-state index in [1.807, 2.05) is 7.05 Å². The van der Waals surface area contributed by atoms with Gasteiger partial charge in [0.15, 0.2) is 0 Å². The Kier molecular flexibility index (Phi) is 9.22. The minimum atomic E-state index is 0.577. The van der Waals surface area contributed by atoms with E-state index in [9.17, 15) is 0 Å². The molecule has 0 aromatic rings. The van der Waals surface area contributed by atoms with E-state index < -0.39 is 0 Å². The SMILES string of the molecule is C=C(CCCCCCC)OCNC. The summed E-state index contributed by atoms with van der Waals surface area (Å²) < 4.78 is 5.29. The molecule has 0 aromatic heterocycles. The van der Waals surface area contributed by atoms with E-state index in [0.29, 0.717) is 6.73 Å². The largest absolute Gasteiger partial charge is 0.483 e. The summed E-state index contributed by atoms with van der Waals surface area (Å²) in [6.45, 7) is 6.66. The molecule has 0 atom stereocenters. The normalized spacial score (nSPS) is 10.0. The quantitative estimate of drug-likeness (QED) is 0.338. The summed E-state index contributed by atoms with van der Waals surface area (Å²) in [6.07, 6.45) is 7.51. The van der Waals surface area contributed by atoms with Gasteiger partial charge in [0.05, 0.1) is 5.76 Å². The van der Waals surface area contributed by atoms with Crippen LogP contribution in [0.25, 0.3) is 0 Å². The topological polar surface area (TPSA) is 21.3 Å². The van der Waals surface area contributed by atoms with Crippen molar-refractivity contribution in [3.63, 3.8) is 0 Å². The van der Waals surface area contributed by atoms with Gasteiger partial charge in [-0.1, -0.05) is 39.2 Å². The molecule has 0 spiro atoms. The number of hydrogen-bond donors (Lipinski definition) is 1. The van der Waals surface area contributed by atoms with Crippen LogP contribution in [0.1, 0.15) is 45.4 Å². The molecule has 2 heteroatoms. The molecular weight excluding hydrogens is 162 g/mol. The minimum Gasteiger partial charge on any atom is -0.483 e. The number of allylic oxidation sites excluding steroid dienone is 1. The maximum Gasteiger partial charge on any atom is 0.138 e. The lowest BCUT2D eigenvalue weighted by Gasteiger charge is -2.07. The fraction of sp³-hybridized carbons (Fsp3) is 0.818. The van der Waals surface area contributed by atoms with Gasteiger partial charge in [-0.3, -0.25) is 5.32 Å². The first-order chi connectivity index (χ1) is 6.31. The lowest BCUT2D eigenvalue weighted by Crippen LogP contribution is -2.10. The first kappa shape index (κ1) is 12.5. The highest BCUT2D eigenvalue weighted by Gasteiger charge is 1.94. The summed E-state index contributed by atoms with van der Waals surface area (Å²) in [6, 6.07) is 0. The monoisotopic (exact) mass is 185 g/mol. The Bertz CT molecular complexity index is 123. The van der Waals surface area contributed by atoms with E-state index in [-0.39, 0.29) is 0 Å². The van der Waals surface area contributed by atoms with E-state index in [0.717, 1.165) is 12.2 Å². The molecule has 2 nitrogen and oxygen atoms in total. The van der Waals surface area contributed by atoms with Crippen molar-refractivity contribution >= 4 is 0 Å². The zero-order valence-corrected chi connectivity index (χ0v) is 9.07. The second-order valence-electron chi connectivity index (χ2n) is 3.35. The maximum absolute atomic E-state index is 5.29. The Balaban J connectivity index is 3.08. The van der Waals surface area contributed by atoms with Crippen LogP contribution in [0.3, 0.4) is 0 Å². The Morgan fingerprint density at radius 3 is 2.54 bits per heavy atom. The molecule has 78 valence electrons. The number of nitrogens with one attached hydrogen (secondary N) is 1. The third-order valence-corrected chi connectivity index (χ3v) is 1.98. The minimum absolute atomic E-state index is 0.577. The predicted octanol–water partition coefficient (Wildman–Crippen LogP) is 3.05. The molecule has 0 aliphatic heterocycles. The first-order valence-electron chi connectivity index (χ1n) is 5.26. The van der Waals surface area contributed by atoms with Gasteiger partial charge < -0.3 is 4.74 Å². The number of unbranched alkanes of at least 4 members (excludes halogenated alkanes) is 4. The Labute approximate surface area is 82.4 Å². The highest BCUT2D eigenvalue weighted by Crippen LogP contribution is 2.09. The number of rotatable bonds is 9. The van der Waals surface area contributed by atoms with Crippen molar-refractivity contribution in [1.29, 1.82) is 0 Å². The van der Waals surface area contributed by atoms with Crippen molar-refractivity contribution in [3.05, 3.63) is 12.3 Å². The summed E-state index contributed by atoms with van der Waals surface area (Å²) >= 11 is 0. The van der Waals surface area contributed by atoms with Crippen LogP contribution >= 0.6 is 0 Å². The van der Waals surface area contributed by atoms with Gasteiger partial charge in [0, 0.05) is 6.42 Å². The predicted molar refractivity (Wildman–Crippen MR) is 57.5 cm³/mol. The highest BCUT2D eigenvalue weighted by molar-refractivity contribution is 4.81. The molecule has 0 aliphatic carbocycles. The molecule has 1 N–H and O–H groups in total. The van der Waals surface area contributed by atoms with Crippen LogP contribution in [-0.2, 0) is 4.74 Å². The van der Waals surface area contributed by atoms with Crippen molar-refractivity contribution in [2.45, 2.75) is 45.4 Å². The molecule has 0 unspecified atom stereocenters. The average molecular weight is 185 g/mol. The number of ether oxygens (including phenoxy) is 1. The summed E-state index contributed by atoms with van der Waals surface area (Å²) in [7, 11) is 1.87. The van der Waals surface area contributed by atoms with Gasteiger partial charge in [0.2, 0.25) is 0 Å². The van der Waals surface area contributed by atoms with Gasteiger partial charge in [0.1, 0.15) is 6.73 Å². The van der Waals surface area contributed by atoms with Crippen molar-refractivity contribution in [2.24, 2.45) is 0 Å². The van der Waals surface area contributed by atoms with Crippen molar-refractivity contribution in [2.75, 3.05) is 13.8 Å². The van der Waals surface area contributed by atoms with E-state index in [1.165, 1.54) is 32.1 Å². The smallest absolute Gasteiger partial charge is 0.138 e. The highest BCUT2D eigenvalue weighted by atomic mass is 16.5. The molecular formula is C11H23NO. The van der Waals surface area contributed by atoms with Crippen molar-refractivity contribution in [1.82, 2.24) is 5.32 Å². The summed E-state index contributed by atoms with van der Waals surface area (Å²) in [5.41, 5.74) is 0. The molecule has 0 rings (SSSR count). The molecule has 0 bridgehead atoms. The third-order valence-electron chi connectivity index (χ3n) is 1.98. The van der Waals surface area contributed by atoms with Crippen LogP contribution in [0.4, 0.5) is 0 Å². The van der Waals surface area contributed by atoms with Crippen LogP contribution < -0.4 is 5.32 Å². The average Bonchev–Trinajstić information content (AvgIpc) is 2.14. The molecule has 0 saturated carbocycles. The van der Waals surface area contributed by atoms with Crippen LogP contribution in [0.15, 0.2) is 12.3 Å². The number of hydrogen-bond acceptors (Lipinski definition) is 2. The van der Waals surface area contributed by atoms with Gasteiger partial charge in [-0.15, -0.1) is 0 Å². The molecule has 0 amide bonds. The molecule has 13 heavy (non-hydrogen) atoms. The molecule has 0 aliphatic rings. The maximum atomic E-state index is 5.29. The summed E-state index contributed by atoms with van der Waals surface area (Å²) in [5.74, 6) is 0.908. The summed E-state index contributed by atoms with van der Waals surface area (Å²) in [5, 5.41) is 2.93. The first-order valence-corrected chi connectivity index (χ1v) is 5.26. The molecule has 0 aromatic carbocycles. The lowest BCUT2D eigenvalue weighted by molar-refractivity contribution is 0.187. The van der Waals surface area contributed by atoms with Gasteiger partial charge in [-0.25, -0.2) is 0 Å². The van der Waals surface area contributed by atoms with Gasteiger partial charge in [-0.05, 0) is 13.5 Å². The zero-order chi connectivity index (χ0) is 9.94. The Hall–Kier alpha value is -0.500. The van der Waals surface area contributed by atoms with E-state index in [2.05, 4.69) is 18.8 Å². The van der Waals surface area contributed by atoms with E-state index in [1.54, 1.807) is 0 Å². The van der Waals surface area contributed by atoms with E-state index in [4.69, 9.17) is 4.74 Å². The van der Waals surface area contributed by atoms with Gasteiger partial charge in [-0.2, -0.15) is 0 Å². The Morgan fingerprint density at radius 2 is 1.92 bits per heavy atom. The second kappa shape index (κ2) is 9.59. The van der Waals surface area contributed by atoms with Crippen LogP contribution in [0.5, 0.6) is 0 Å². The van der Waals surface area contributed by atoms with Crippen LogP contribution in [0, 0.1) is 0 Å². The molecule has 0 saturated heterocycles. The standard InChI is InChI=1S/C11H23NO/c1-4-5-6-7-8-9-11(2)13-10-12-3/h12H,2,4-10H2,1,3H3. The molecule has 0 heterocycles.